The highest BCUT2D eigenvalue weighted by molar-refractivity contribution is 5.82. The number of nitrogen functional groups attached to an aromatic ring is 1. The van der Waals surface area contributed by atoms with Crippen LogP contribution in [0.4, 0.5) is 29.7 Å². The van der Waals surface area contributed by atoms with Crippen LogP contribution in [0, 0.1) is 23.7 Å². The first kappa shape index (κ1) is 36.0. The van der Waals surface area contributed by atoms with Gasteiger partial charge in [0.2, 0.25) is 17.9 Å². The Kier molecular flexibility index (Phi) is 10.2. The molecule has 13 nitrogen and oxygen atoms in total. The molecule has 1 spiro atoms. The molecule has 2 aliphatic rings. The normalized spacial score (nSPS) is 17.4. The number of amides is 1. The number of likely N-dealkylation sites (tertiary alicyclic amines) is 1. The molecule has 2 aromatic carbocycles. The van der Waals surface area contributed by atoms with E-state index in [9.17, 15) is 28.0 Å². The highest BCUT2D eigenvalue weighted by Crippen LogP contribution is 2.45. The largest absolute Gasteiger partial charge is 0.464 e. The molecule has 2 N–H and O–H groups in total. The number of nitrogens with two attached hydrogens (primary N) is 1. The Morgan fingerprint density at radius 2 is 1.83 bits per heavy atom. The molecule has 2 aliphatic heterocycles. The lowest BCUT2D eigenvalue weighted by Gasteiger charge is -2.39. The molecular weight excluding hydrogens is 681 g/mol. The fraction of sp³-hybridized carbons (Fsp3) is 0.389. The Balaban J connectivity index is 1.20. The zero-order valence-electron chi connectivity index (χ0n) is 28.5. The Labute approximate surface area is 297 Å². The SMILES string of the molecule is CCOC(=O)C1CC2(CCN(c3cc(OC(c4ccc(C#N)cc4-n4ccc(C)n4)C(F)(F)F)nc(N)n3)CC2)CN1C(=O)OCc1ccccc1. The van der Waals surface area contributed by atoms with E-state index in [2.05, 4.69) is 15.1 Å². The summed E-state index contributed by atoms with van der Waals surface area (Å²) in [6.07, 6.45) is -5.05. The Bertz CT molecular complexity index is 1960. The van der Waals surface area contributed by atoms with Gasteiger partial charge in [-0.1, -0.05) is 36.4 Å². The number of carbonyl (C=O) groups excluding carboxylic acids is 2. The second kappa shape index (κ2) is 14.8. The number of piperidine rings is 1. The van der Waals surface area contributed by atoms with Crippen LogP contribution >= 0.6 is 0 Å². The average molecular weight is 719 g/mol. The third-order valence-corrected chi connectivity index (χ3v) is 9.31. The molecule has 272 valence electrons. The molecular formula is C36H37F3N8O5. The number of aryl methyl sites for hydroxylation is 1. The first-order valence-corrected chi connectivity index (χ1v) is 16.7. The monoisotopic (exact) mass is 718 g/mol. The van der Waals surface area contributed by atoms with E-state index in [-0.39, 0.29) is 48.3 Å². The van der Waals surface area contributed by atoms with E-state index < -0.39 is 41.7 Å². The van der Waals surface area contributed by atoms with E-state index in [1.165, 1.54) is 40.0 Å². The molecule has 2 fully saturated rings. The van der Waals surface area contributed by atoms with Crippen molar-refractivity contribution in [2.75, 3.05) is 36.9 Å². The smallest absolute Gasteiger partial charge is 0.429 e. The minimum absolute atomic E-state index is 0.0220. The van der Waals surface area contributed by atoms with Gasteiger partial charge in [-0.3, -0.25) is 4.90 Å². The maximum absolute atomic E-state index is 14.7. The summed E-state index contributed by atoms with van der Waals surface area (Å²) in [5.74, 6) is -0.920. The topological polar surface area (TPSA) is 162 Å². The molecule has 0 saturated carbocycles. The van der Waals surface area contributed by atoms with Crippen molar-refractivity contribution < 1.29 is 37.0 Å². The molecule has 6 rings (SSSR count). The van der Waals surface area contributed by atoms with Crippen molar-refractivity contribution in [1.82, 2.24) is 24.6 Å². The van der Waals surface area contributed by atoms with Crippen LogP contribution in [0.15, 0.2) is 66.9 Å². The number of halogens is 3. The predicted octanol–water partition coefficient (Wildman–Crippen LogP) is 5.67. The van der Waals surface area contributed by atoms with E-state index >= 15 is 0 Å². The summed E-state index contributed by atoms with van der Waals surface area (Å²) in [7, 11) is 0. The Morgan fingerprint density at radius 3 is 2.48 bits per heavy atom. The van der Waals surface area contributed by atoms with Crippen molar-refractivity contribution in [2.24, 2.45) is 5.41 Å². The van der Waals surface area contributed by atoms with Crippen LogP contribution in [-0.4, -0.2) is 75.2 Å². The van der Waals surface area contributed by atoms with Crippen LogP contribution < -0.4 is 15.4 Å². The first-order valence-electron chi connectivity index (χ1n) is 16.7. The number of rotatable bonds is 9. The quantitative estimate of drug-likeness (QED) is 0.212. The second-order valence-electron chi connectivity index (χ2n) is 12.9. The lowest BCUT2D eigenvalue weighted by atomic mass is 9.76. The van der Waals surface area contributed by atoms with Crippen LogP contribution in [0.5, 0.6) is 5.88 Å². The number of anilines is 2. The number of alkyl halides is 3. The van der Waals surface area contributed by atoms with Crippen molar-refractivity contribution in [1.29, 1.82) is 5.26 Å². The molecule has 16 heteroatoms. The van der Waals surface area contributed by atoms with Gasteiger partial charge in [-0.15, -0.1) is 0 Å². The molecule has 2 atom stereocenters. The summed E-state index contributed by atoms with van der Waals surface area (Å²) >= 11 is 0. The molecule has 1 amide bonds. The minimum Gasteiger partial charge on any atom is -0.464 e. The molecule has 2 unspecified atom stereocenters. The number of esters is 1. The van der Waals surface area contributed by atoms with Crippen LogP contribution in [0.25, 0.3) is 5.69 Å². The number of carbonyl (C=O) groups is 2. The van der Waals surface area contributed by atoms with Crippen molar-refractivity contribution in [3.8, 4) is 17.6 Å². The summed E-state index contributed by atoms with van der Waals surface area (Å²) < 4.78 is 61.8. The van der Waals surface area contributed by atoms with Gasteiger partial charge in [0, 0.05) is 37.5 Å². The van der Waals surface area contributed by atoms with Crippen LogP contribution in [-0.2, 0) is 20.9 Å². The van der Waals surface area contributed by atoms with Crippen molar-refractivity contribution in [3.05, 3.63) is 89.2 Å². The van der Waals surface area contributed by atoms with Gasteiger partial charge in [-0.2, -0.15) is 33.5 Å². The van der Waals surface area contributed by atoms with Gasteiger partial charge in [-0.05, 0) is 62.3 Å². The van der Waals surface area contributed by atoms with Crippen LogP contribution in [0.2, 0.25) is 0 Å². The second-order valence-corrected chi connectivity index (χ2v) is 12.9. The lowest BCUT2D eigenvalue weighted by molar-refractivity contribution is -0.198. The highest BCUT2D eigenvalue weighted by Gasteiger charge is 2.51. The third-order valence-electron chi connectivity index (χ3n) is 9.31. The van der Waals surface area contributed by atoms with E-state index in [1.54, 1.807) is 19.9 Å². The van der Waals surface area contributed by atoms with E-state index in [0.29, 0.717) is 38.0 Å². The molecule has 0 radical (unpaired) electrons. The molecule has 4 aromatic rings. The standard InChI is InChI=1S/C36H37F3N8O5/c1-3-50-32(48)28-19-35(22-46(28)34(49)51-21-24-7-5-4-6-8-24)12-15-45(16-13-35)29-18-30(43-33(41)42-29)52-31(36(37,38)39)26-10-9-25(20-40)17-27(26)47-14-11-23(2)44-47/h4-11,14,17-18,28,31H,3,12-13,15-16,19,21-22H2,1-2H3,(H2,41,42,43). The van der Waals surface area contributed by atoms with Gasteiger partial charge in [-0.25, -0.2) is 14.3 Å². The predicted molar refractivity (Wildman–Crippen MR) is 181 cm³/mol. The number of nitrogens with zero attached hydrogens (tertiary/aromatic N) is 7. The molecule has 2 saturated heterocycles. The van der Waals surface area contributed by atoms with Gasteiger partial charge >= 0.3 is 18.2 Å². The number of hydrogen-bond acceptors (Lipinski definition) is 11. The van der Waals surface area contributed by atoms with Gasteiger partial charge in [0.25, 0.3) is 0 Å². The van der Waals surface area contributed by atoms with Crippen molar-refractivity contribution in [2.45, 2.75) is 58.0 Å². The zero-order chi connectivity index (χ0) is 37.0. The van der Waals surface area contributed by atoms with Gasteiger partial charge in [0.1, 0.15) is 18.5 Å². The summed E-state index contributed by atoms with van der Waals surface area (Å²) in [6, 6.07) is 17.0. The van der Waals surface area contributed by atoms with Crippen molar-refractivity contribution in [3.63, 3.8) is 0 Å². The molecule has 0 aliphatic carbocycles. The summed E-state index contributed by atoms with van der Waals surface area (Å²) in [5, 5.41) is 13.7. The summed E-state index contributed by atoms with van der Waals surface area (Å²) in [5.41, 5.74) is 6.83. The van der Waals surface area contributed by atoms with E-state index in [0.717, 1.165) is 5.56 Å². The molecule has 4 heterocycles. The Morgan fingerprint density at radius 1 is 1.08 bits per heavy atom. The minimum atomic E-state index is -4.89. The number of benzene rings is 2. The molecule has 2 aromatic heterocycles. The first-order chi connectivity index (χ1) is 24.9. The number of ether oxygens (including phenoxy) is 3. The third kappa shape index (κ3) is 7.88. The van der Waals surface area contributed by atoms with Crippen molar-refractivity contribution >= 4 is 23.8 Å². The Hall–Kier alpha value is -5.85. The highest BCUT2D eigenvalue weighted by atomic mass is 19.4. The van der Waals surface area contributed by atoms with Gasteiger partial charge in [0.05, 0.1) is 29.6 Å². The number of hydrogen-bond donors (Lipinski definition) is 1. The fourth-order valence-corrected chi connectivity index (χ4v) is 6.73. The van der Waals surface area contributed by atoms with Crippen LogP contribution in [0.3, 0.4) is 0 Å². The fourth-order valence-electron chi connectivity index (χ4n) is 6.73. The maximum Gasteiger partial charge on any atom is 0.429 e. The molecule has 52 heavy (non-hydrogen) atoms. The van der Waals surface area contributed by atoms with Gasteiger partial charge < -0.3 is 24.8 Å². The average Bonchev–Trinajstić information content (AvgIpc) is 3.73. The van der Waals surface area contributed by atoms with Gasteiger partial charge in [0.15, 0.2) is 0 Å². The molecule has 0 bridgehead atoms. The maximum atomic E-state index is 14.7. The number of aromatic nitrogens is 4. The summed E-state index contributed by atoms with van der Waals surface area (Å²) in [6.45, 7) is 4.68. The number of nitriles is 1. The summed E-state index contributed by atoms with van der Waals surface area (Å²) in [4.78, 5) is 37.8. The van der Waals surface area contributed by atoms with E-state index in [1.807, 2.05) is 41.3 Å². The van der Waals surface area contributed by atoms with E-state index in [4.69, 9.17) is 19.9 Å². The van der Waals surface area contributed by atoms with Crippen LogP contribution in [0.1, 0.15) is 54.7 Å². The lowest BCUT2D eigenvalue weighted by Crippen LogP contribution is -2.43. The zero-order valence-corrected chi connectivity index (χ0v) is 28.5.